The Morgan fingerprint density at radius 1 is 1.18 bits per heavy atom. The Labute approximate surface area is 172 Å². The second-order valence-electron chi connectivity index (χ2n) is 6.28. The van der Waals surface area contributed by atoms with E-state index in [-0.39, 0.29) is 11.8 Å². The summed E-state index contributed by atoms with van der Waals surface area (Å²) < 4.78 is 6.17. The fourth-order valence-corrected chi connectivity index (χ4v) is 3.19. The standard InChI is InChI=1S/C22H21BrN2O3/c1-3-25-14-19(20(26)13-6-15-4-9-17(23)10-5-15)21(24-22(25)27)16-7-11-18(28-2)12-8-16/h4-14,21H,3H2,1-2H3,(H,24,27)/b13-6+/t21-/m0/s1. The molecule has 6 heteroatoms. The number of nitrogens with zero attached hydrogens (tertiary/aromatic N) is 1. The van der Waals surface area contributed by atoms with E-state index in [2.05, 4.69) is 21.2 Å². The molecule has 0 saturated carbocycles. The highest BCUT2D eigenvalue weighted by Crippen LogP contribution is 2.28. The van der Waals surface area contributed by atoms with Gasteiger partial charge in [-0.25, -0.2) is 4.79 Å². The van der Waals surface area contributed by atoms with Crippen LogP contribution in [0.3, 0.4) is 0 Å². The molecule has 144 valence electrons. The van der Waals surface area contributed by atoms with Crippen molar-refractivity contribution < 1.29 is 14.3 Å². The Balaban J connectivity index is 1.90. The average molecular weight is 441 g/mol. The molecule has 2 aromatic rings. The van der Waals surface area contributed by atoms with E-state index in [4.69, 9.17) is 4.74 Å². The van der Waals surface area contributed by atoms with Crippen LogP contribution in [0.15, 0.2) is 70.9 Å². The number of ketones is 1. The monoisotopic (exact) mass is 440 g/mol. The first-order valence-electron chi connectivity index (χ1n) is 8.92. The summed E-state index contributed by atoms with van der Waals surface area (Å²) >= 11 is 3.40. The predicted molar refractivity (Wildman–Crippen MR) is 113 cm³/mol. The highest BCUT2D eigenvalue weighted by Gasteiger charge is 2.30. The number of benzene rings is 2. The number of carbonyl (C=O) groups is 2. The third-order valence-electron chi connectivity index (χ3n) is 4.51. The fraction of sp³-hybridized carbons (Fsp3) is 0.182. The number of urea groups is 1. The molecule has 0 bridgehead atoms. The lowest BCUT2D eigenvalue weighted by molar-refractivity contribution is -0.111. The molecule has 2 amide bonds. The molecule has 2 aromatic carbocycles. The van der Waals surface area contributed by atoms with Crippen molar-refractivity contribution in [3.05, 3.63) is 82.0 Å². The van der Waals surface area contributed by atoms with Crippen LogP contribution in [-0.4, -0.2) is 30.4 Å². The van der Waals surface area contributed by atoms with Crippen LogP contribution in [0.1, 0.15) is 24.1 Å². The van der Waals surface area contributed by atoms with E-state index in [1.165, 1.54) is 11.0 Å². The molecule has 1 aliphatic rings. The summed E-state index contributed by atoms with van der Waals surface area (Å²) in [7, 11) is 1.60. The smallest absolute Gasteiger partial charge is 0.322 e. The van der Waals surface area contributed by atoms with E-state index in [1.807, 2.05) is 55.5 Å². The van der Waals surface area contributed by atoms with E-state index in [0.717, 1.165) is 15.6 Å². The Morgan fingerprint density at radius 3 is 2.46 bits per heavy atom. The minimum Gasteiger partial charge on any atom is -0.497 e. The molecule has 0 saturated heterocycles. The minimum absolute atomic E-state index is 0.151. The molecular weight excluding hydrogens is 420 g/mol. The van der Waals surface area contributed by atoms with Gasteiger partial charge in [-0.1, -0.05) is 46.3 Å². The zero-order chi connectivity index (χ0) is 20.1. The number of amides is 2. The number of rotatable bonds is 6. The van der Waals surface area contributed by atoms with Gasteiger partial charge in [-0.05, 0) is 48.4 Å². The van der Waals surface area contributed by atoms with Crippen molar-refractivity contribution in [2.75, 3.05) is 13.7 Å². The van der Waals surface area contributed by atoms with E-state index in [9.17, 15) is 9.59 Å². The second-order valence-corrected chi connectivity index (χ2v) is 7.19. The largest absolute Gasteiger partial charge is 0.497 e. The third kappa shape index (κ3) is 4.51. The van der Waals surface area contributed by atoms with Gasteiger partial charge in [0.15, 0.2) is 5.78 Å². The van der Waals surface area contributed by atoms with Gasteiger partial charge in [0.05, 0.1) is 13.2 Å². The van der Waals surface area contributed by atoms with Crippen molar-refractivity contribution in [2.45, 2.75) is 13.0 Å². The maximum absolute atomic E-state index is 12.9. The van der Waals surface area contributed by atoms with Crippen molar-refractivity contribution in [3.8, 4) is 5.75 Å². The molecule has 1 atom stereocenters. The van der Waals surface area contributed by atoms with Crippen molar-refractivity contribution in [3.63, 3.8) is 0 Å². The number of halogens is 1. The van der Waals surface area contributed by atoms with E-state index < -0.39 is 6.04 Å². The molecule has 0 aliphatic carbocycles. The van der Waals surface area contributed by atoms with Gasteiger partial charge < -0.3 is 15.0 Å². The molecule has 0 radical (unpaired) electrons. The van der Waals surface area contributed by atoms with Crippen LogP contribution in [0.2, 0.25) is 0 Å². The van der Waals surface area contributed by atoms with Crippen molar-refractivity contribution in [1.82, 2.24) is 10.2 Å². The van der Waals surface area contributed by atoms with E-state index in [0.29, 0.717) is 17.9 Å². The van der Waals surface area contributed by atoms with Gasteiger partial charge in [0.2, 0.25) is 0 Å². The summed E-state index contributed by atoms with van der Waals surface area (Å²) in [6.07, 6.45) is 4.95. The number of hydrogen-bond acceptors (Lipinski definition) is 3. The molecule has 1 aliphatic heterocycles. The second kappa shape index (κ2) is 8.89. The SMILES string of the molecule is CCN1C=C(C(=O)/C=C/c2ccc(Br)cc2)[C@H](c2ccc(OC)cc2)NC1=O. The van der Waals surface area contributed by atoms with Crippen molar-refractivity contribution >= 4 is 33.8 Å². The van der Waals surface area contributed by atoms with Crippen LogP contribution in [0, 0.1) is 0 Å². The molecular formula is C22H21BrN2O3. The quantitative estimate of drug-likeness (QED) is 0.661. The molecule has 0 fully saturated rings. The zero-order valence-electron chi connectivity index (χ0n) is 15.7. The molecule has 1 N–H and O–H groups in total. The Morgan fingerprint density at radius 2 is 1.86 bits per heavy atom. The summed E-state index contributed by atoms with van der Waals surface area (Å²) in [5, 5.41) is 2.92. The summed E-state index contributed by atoms with van der Waals surface area (Å²) in [4.78, 5) is 26.8. The zero-order valence-corrected chi connectivity index (χ0v) is 17.3. The van der Waals surface area contributed by atoms with Gasteiger partial charge >= 0.3 is 6.03 Å². The topological polar surface area (TPSA) is 58.6 Å². The Kier molecular flexibility index (Phi) is 6.31. The summed E-state index contributed by atoms with van der Waals surface area (Å²) in [6.45, 7) is 2.35. The van der Waals surface area contributed by atoms with Gasteiger partial charge in [0.1, 0.15) is 5.75 Å². The summed E-state index contributed by atoms with van der Waals surface area (Å²) in [5.74, 6) is 0.565. The van der Waals surface area contributed by atoms with Crippen LogP contribution >= 0.6 is 15.9 Å². The third-order valence-corrected chi connectivity index (χ3v) is 5.03. The van der Waals surface area contributed by atoms with Crippen LogP contribution in [-0.2, 0) is 4.79 Å². The van der Waals surface area contributed by atoms with Gasteiger partial charge in [-0.2, -0.15) is 0 Å². The number of methoxy groups -OCH3 is 1. The predicted octanol–water partition coefficient (Wildman–Crippen LogP) is 4.71. The lowest BCUT2D eigenvalue weighted by Gasteiger charge is -2.31. The van der Waals surface area contributed by atoms with Crippen LogP contribution < -0.4 is 10.1 Å². The average Bonchev–Trinajstić information content (AvgIpc) is 2.73. The van der Waals surface area contributed by atoms with Gasteiger partial charge in [-0.3, -0.25) is 4.79 Å². The maximum atomic E-state index is 12.9. The van der Waals surface area contributed by atoms with Gasteiger partial charge in [0, 0.05) is 22.8 Å². The number of hydrogen-bond donors (Lipinski definition) is 1. The Hall–Kier alpha value is -2.86. The molecule has 0 spiro atoms. The summed E-state index contributed by atoms with van der Waals surface area (Å²) in [5.41, 5.74) is 2.26. The van der Waals surface area contributed by atoms with Crippen LogP contribution in [0.4, 0.5) is 4.79 Å². The molecule has 28 heavy (non-hydrogen) atoms. The number of carbonyl (C=O) groups excluding carboxylic acids is 2. The van der Waals surface area contributed by atoms with E-state index >= 15 is 0 Å². The molecule has 1 heterocycles. The van der Waals surface area contributed by atoms with Crippen molar-refractivity contribution in [1.29, 1.82) is 0 Å². The highest BCUT2D eigenvalue weighted by molar-refractivity contribution is 9.10. The first kappa shape index (κ1) is 19.9. The van der Waals surface area contributed by atoms with Crippen LogP contribution in [0.5, 0.6) is 5.75 Å². The van der Waals surface area contributed by atoms with Crippen LogP contribution in [0.25, 0.3) is 6.08 Å². The van der Waals surface area contributed by atoms with Crippen molar-refractivity contribution in [2.24, 2.45) is 0 Å². The first-order valence-corrected chi connectivity index (χ1v) is 9.72. The molecule has 0 unspecified atom stereocenters. The number of ether oxygens (including phenoxy) is 1. The number of allylic oxidation sites excluding steroid dienone is 1. The lowest BCUT2D eigenvalue weighted by Crippen LogP contribution is -2.44. The fourth-order valence-electron chi connectivity index (χ4n) is 2.93. The lowest BCUT2D eigenvalue weighted by atomic mass is 9.94. The summed E-state index contributed by atoms with van der Waals surface area (Å²) in [6, 6.07) is 14.3. The maximum Gasteiger partial charge on any atom is 0.322 e. The molecule has 3 rings (SSSR count). The molecule has 5 nitrogen and oxygen atoms in total. The first-order chi connectivity index (χ1) is 13.5. The highest BCUT2D eigenvalue weighted by atomic mass is 79.9. The minimum atomic E-state index is -0.511. The number of nitrogens with one attached hydrogen (secondary N) is 1. The van der Waals surface area contributed by atoms with Gasteiger partial charge in [-0.15, -0.1) is 0 Å². The van der Waals surface area contributed by atoms with E-state index in [1.54, 1.807) is 19.4 Å². The van der Waals surface area contributed by atoms with Gasteiger partial charge in [0.25, 0.3) is 0 Å². The molecule has 0 aromatic heterocycles. The Bertz CT molecular complexity index is 918. The normalized spacial score (nSPS) is 16.7.